The van der Waals surface area contributed by atoms with E-state index >= 15 is 0 Å². The molecule has 24 atom stereocenters. The van der Waals surface area contributed by atoms with Crippen molar-refractivity contribution >= 4 is 33.3 Å². The second kappa shape index (κ2) is 20.3. The molecule has 0 heterocycles. The molecule has 0 bridgehead atoms. The number of carbonyl (C=O) groups is 3. The molecule has 0 spiro atoms. The maximum atomic E-state index is 13.0. The van der Waals surface area contributed by atoms with Gasteiger partial charge in [0, 0.05) is 42.3 Å². The minimum atomic E-state index is -0.649. The number of hydrogen-bond acceptors (Lipinski definition) is 7. The van der Waals surface area contributed by atoms with Gasteiger partial charge in [0.25, 0.3) is 0 Å². The first kappa shape index (κ1) is 55.8. The Bertz CT molecular complexity index is 2110. The average Bonchev–Trinajstić information content (AvgIpc) is 4.01. The highest BCUT2D eigenvalue weighted by molar-refractivity contribution is 9.09. The van der Waals surface area contributed by atoms with E-state index in [-0.39, 0.29) is 29.8 Å². The summed E-state index contributed by atoms with van der Waals surface area (Å²) in [6.45, 7) is 28.2. The van der Waals surface area contributed by atoms with Crippen LogP contribution in [0.5, 0.6) is 0 Å². The van der Waals surface area contributed by atoms with Crippen molar-refractivity contribution in [2.24, 2.45) is 123 Å². The Kier molecular flexibility index (Phi) is 15.3. The van der Waals surface area contributed by atoms with E-state index in [1.165, 1.54) is 81.8 Å². The Labute approximate surface area is 456 Å². The van der Waals surface area contributed by atoms with Gasteiger partial charge in [-0.1, -0.05) is 67.6 Å². The summed E-state index contributed by atoms with van der Waals surface area (Å²) in [7, 11) is 0. The number of aliphatic hydroxyl groups excluding tert-OH is 1. The number of fused-ring (bicyclic) bond motifs is 15. The van der Waals surface area contributed by atoms with E-state index < -0.39 is 16.8 Å². The Balaban J connectivity index is 0.000000127. The van der Waals surface area contributed by atoms with Gasteiger partial charge in [0.15, 0.2) is 0 Å². The molecule has 0 radical (unpaired) electrons. The van der Waals surface area contributed by atoms with Crippen LogP contribution in [0.25, 0.3) is 0 Å². The number of Topliss-reactive ketones (excluding diaryl/α,β-unsaturated/α-hetero) is 3. The van der Waals surface area contributed by atoms with Crippen molar-refractivity contribution in [1.29, 1.82) is 0 Å². The lowest BCUT2D eigenvalue weighted by Crippen LogP contribution is -2.53. The number of alkyl halides is 1. The number of rotatable bonds is 5. The zero-order valence-electron chi connectivity index (χ0n) is 47.3. The maximum absolute atomic E-state index is 13.0. The summed E-state index contributed by atoms with van der Waals surface area (Å²) in [6.07, 6.45) is 25.1. The van der Waals surface area contributed by atoms with Crippen LogP contribution in [0.2, 0.25) is 0 Å². The van der Waals surface area contributed by atoms with Gasteiger partial charge in [-0.25, -0.2) is 0 Å². The molecular weight excluding hydrogens is 985 g/mol. The molecular formula is C66H101BrO7. The summed E-state index contributed by atoms with van der Waals surface area (Å²) in [5.74, 6) is 10.8. The van der Waals surface area contributed by atoms with Crippen LogP contribution in [0, 0.1) is 123 Å². The Hall–Kier alpha value is -1.45. The predicted octanol–water partition coefficient (Wildman–Crippen LogP) is 13.6. The third-order valence-corrected chi connectivity index (χ3v) is 26.9. The van der Waals surface area contributed by atoms with Gasteiger partial charge < -0.3 is 20.4 Å². The number of aliphatic hydroxyl groups is 4. The van der Waals surface area contributed by atoms with Gasteiger partial charge in [-0.3, -0.25) is 14.4 Å². The first-order chi connectivity index (χ1) is 34.8. The van der Waals surface area contributed by atoms with Crippen molar-refractivity contribution in [2.45, 2.75) is 219 Å². The zero-order chi connectivity index (χ0) is 53.2. The van der Waals surface area contributed by atoms with E-state index in [9.17, 15) is 34.8 Å². The van der Waals surface area contributed by atoms with Crippen molar-refractivity contribution in [3.8, 4) is 0 Å². The summed E-state index contributed by atoms with van der Waals surface area (Å²) >= 11 is 3.62. The molecule has 4 N–H and O–H groups in total. The van der Waals surface area contributed by atoms with Crippen LogP contribution in [-0.2, 0) is 14.4 Å². The third-order valence-electron chi connectivity index (χ3n) is 26.2. The molecule has 0 unspecified atom stereocenters. The molecule has 12 saturated carbocycles. The fourth-order valence-electron chi connectivity index (χ4n) is 22.7. The van der Waals surface area contributed by atoms with Crippen molar-refractivity contribution < 1.29 is 34.8 Å². The van der Waals surface area contributed by atoms with Crippen LogP contribution in [-0.4, -0.2) is 66.5 Å². The molecule has 0 aromatic carbocycles. The van der Waals surface area contributed by atoms with Crippen LogP contribution < -0.4 is 0 Å². The monoisotopic (exact) mass is 1080 g/mol. The van der Waals surface area contributed by atoms with Gasteiger partial charge in [-0.05, 0) is 273 Å². The average molecular weight is 1090 g/mol. The summed E-state index contributed by atoms with van der Waals surface area (Å²) in [6, 6.07) is 0. The first-order valence-electron chi connectivity index (χ1n) is 30.7. The Morgan fingerprint density at radius 1 is 0.446 bits per heavy atom. The van der Waals surface area contributed by atoms with E-state index in [1.54, 1.807) is 0 Å². The van der Waals surface area contributed by atoms with Crippen LogP contribution in [0.3, 0.4) is 0 Å². The lowest BCUT2D eigenvalue weighted by Gasteiger charge is -2.56. The normalized spacial score (nSPS) is 52.8. The van der Waals surface area contributed by atoms with Gasteiger partial charge in [-0.15, -0.1) is 0 Å². The number of ketones is 3. The van der Waals surface area contributed by atoms with E-state index in [1.807, 2.05) is 20.8 Å². The lowest BCUT2D eigenvalue weighted by molar-refractivity contribution is -0.149. The van der Waals surface area contributed by atoms with Crippen LogP contribution in [0.1, 0.15) is 203 Å². The minimum Gasteiger partial charge on any atom is -0.392 e. The molecule has 414 valence electrons. The topological polar surface area (TPSA) is 132 Å². The van der Waals surface area contributed by atoms with E-state index in [0.717, 1.165) is 81.0 Å². The third kappa shape index (κ3) is 9.60. The molecule has 0 aliphatic heterocycles. The van der Waals surface area contributed by atoms with Crippen molar-refractivity contribution in [2.75, 3.05) is 11.9 Å². The highest BCUT2D eigenvalue weighted by atomic mass is 79.9. The van der Waals surface area contributed by atoms with E-state index in [0.29, 0.717) is 130 Å². The Morgan fingerprint density at radius 3 is 1.05 bits per heavy atom. The molecule has 8 heteroatoms. The fourth-order valence-corrected chi connectivity index (χ4v) is 23.1. The largest absolute Gasteiger partial charge is 0.392 e. The highest BCUT2D eigenvalue weighted by Crippen LogP contribution is 2.68. The predicted molar refractivity (Wildman–Crippen MR) is 299 cm³/mol. The molecule has 74 heavy (non-hydrogen) atoms. The first-order valence-corrected chi connectivity index (χ1v) is 31.8. The molecule has 0 saturated heterocycles. The lowest BCUT2D eigenvalue weighted by atomic mass is 9.48. The molecule has 0 amide bonds. The summed E-state index contributed by atoms with van der Waals surface area (Å²) in [5, 5.41) is 41.9. The fraction of sp³-hybridized carbons (Fsp3) is 0.864. The molecule has 0 aromatic heterocycles. The number of halogens is 1. The minimum absolute atomic E-state index is 0.0963. The summed E-state index contributed by atoms with van der Waals surface area (Å²) in [4.78, 5) is 38.9. The molecule has 7 nitrogen and oxygen atoms in total. The van der Waals surface area contributed by atoms with Crippen LogP contribution >= 0.6 is 15.9 Å². The van der Waals surface area contributed by atoms with Crippen molar-refractivity contribution in [3.63, 3.8) is 0 Å². The number of hydrogen-bond donors (Lipinski definition) is 4. The standard InChI is InChI=1S/C22H33BrO2.C22H34O3.C22H34O2/c2*1-13(12-23)18-4-5-19-16-10-20(24)17-11-21(2,25)8-6-15(17)14(16)7-9-22(18,19)3;1-13(2)18-5-6-19-16-11-20(23)17-12-21(3,24)9-7-15(17)14(16)8-10-22(18,19)4/h14-19,25H,1,4-12H2,2-3H3;14-19,23,25H,1,4-12H2,2-3H3;14-19,24H,1,5-12H2,2-4H3/t3*14-,15-,16-,17-,18-,19+,21+,22-/m111/s1. The van der Waals surface area contributed by atoms with Gasteiger partial charge in [0.05, 0.1) is 23.4 Å². The number of allylic oxidation sites excluding steroid dienone is 2. The summed E-state index contributed by atoms with van der Waals surface area (Å²) < 4.78 is 0. The van der Waals surface area contributed by atoms with Gasteiger partial charge >= 0.3 is 0 Å². The van der Waals surface area contributed by atoms with Crippen molar-refractivity contribution in [3.05, 3.63) is 36.5 Å². The Morgan fingerprint density at radius 2 is 0.743 bits per heavy atom. The second-order valence-electron chi connectivity index (χ2n) is 30.3. The maximum Gasteiger partial charge on any atom is 0.136 e. The zero-order valence-corrected chi connectivity index (χ0v) is 48.9. The van der Waals surface area contributed by atoms with Gasteiger partial charge in [0.2, 0.25) is 0 Å². The number of carbonyl (C=O) groups excluding carboxylic acids is 3. The van der Waals surface area contributed by atoms with Crippen LogP contribution in [0.4, 0.5) is 0 Å². The SMILES string of the molecule is C=C(C)[C@H]1CC[C@H]2[C@@H]3CC(=O)[C@@H]4C[C@@](C)(O)CC[C@@H]4[C@H]3CC[C@]12C.C=C(CBr)[C@H]1CC[C@H]2[C@@H]3CC(=O)[C@@H]4C[C@@](C)(O)CC[C@@H]4[C@H]3CC[C@]12C.C=C(CO)[C@H]1CC[C@H]2[C@@H]3CC(=O)[C@@H]4C[C@@](C)(O)CC[C@@H]4[C@H]3CC[C@]12C. The van der Waals surface area contributed by atoms with Crippen molar-refractivity contribution in [1.82, 2.24) is 0 Å². The molecule has 12 aliphatic rings. The highest BCUT2D eigenvalue weighted by Gasteiger charge is 2.63. The quantitative estimate of drug-likeness (QED) is 0.159. The molecule has 12 fully saturated rings. The molecule has 12 aliphatic carbocycles. The van der Waals surface area contributed by atoms with Gasteiger partial charge in [0.1, 0.15) is 17.3 Å². The summed E-state index contributed by atoms with van der Waals surface area (Å²) in [5.41, 5.74) is 2.75. The van der Waals surface area contributed by atoms with E-state index in [2.05, 4.69) is 63.4 Å². The second-order valence-corrected chi connectivity index (χ2v) is 30.9. The molecule has 12 rings (SSSR count). The van der Waals surface area contributed by atoms with Gasteiger partial charge in [-0.2, -0.15) is 0 Å². The smallest absolute Gasteiger partial charge is 0.136 e. The van der Waals surface area contributed by atoms with E-state index in [4.69, 9.17) is 0 Å². The van der Waals surface area contributed by atoms with Crippen LogP contribution in [0.15, 0.2) is 36.5 Å². The molecule has 0 aromatic rings.